The lowest BCUT2D eigenvalue weighted by Crippen LogP contribution is -2.04. The number of methoxy groups -OCH3 is 3. The number of hydrogen-bond donors (Lipinski definition) is 2. The van der Waals surface area contributed by atoms with Crippen LogP contribution in [0.4, 0.5) is 23.1 Å². The lowest BCUT2D eigenvalue weighted by atomic mass is 10.2. The molecule has 0 saturated carbocycles. The first-order chi connectivity index (χ1) is 14.0. The number of carbonyl (C=O) groups excluding carboxylic acids is 1. The van der Waals surface area contributed by atoms with Gasteiger partial charge >= 0.3 is 5.97 Å². The van der Waals surface area contributed by atoms with E-state index in [0.717, 1.165) is 11.4 Å². The highest BCUT2D eigenvalue weighted by Crippen LogP contribution is 2.31. The molecule has 0 atom stereocenters. The summed E-state index contributed by atoms with van der Waals surface area (Å²) >= 11 is 0. The Kier molecular flexibility index (Phi) is 6.13. The second-order valence-electron chi connectivity index (χ2n) is 6.10. The predicted molar refractivity (Wildman–Crippen MR) is 111 cm³/mol. The molecule has 0 amide bonds. The van der Waals surface area contributed by atoms with Crippen LogP contribution in [0.5, 0.6) is 11.5 Å². The maximum absolute atomic E-state index is 11.5. The number of rotatable bonds is 7. The zero-order valence-electron chi connectivity index (χ0n) is 16.6. The van der Waals surface area contributed by atoms with Gasteiger partial charge in [0.2, 0.25) is 5.95 Å². The number of carbonyl (C=O) groups is 1. The number of aryl methyl sites for hydroxylation is 1. The molecule has 0 aliphatic carbocycles. The Morgan fingerprint density at radius 3 is 2.31 bits per heavy atom. The van der Waals surface area contributed by atoms with Crippen LogP contribution in [0.1, 0.15) is 16.1 Å². The lowest BCUT2D eigenvalue weighted by Gasteiger charge is -2.13. The van der Waals surface area contributed by atoms with Crippen molar-refractivity contribution in [1.29, 1.82) is 0 Å². The van der Waals surface area contributed by atoms with Gasteiger partial charge in [-0.05, 0) is 43.3 Å². The highest BCUT2D eigenvalue weighted by atomic mass is 16.5. The van der Waals surface area contributed by atoms with Crippen LogP contribution in [0.2, 0.25) is 0 Å². The van der Waals surface area contributed by atoms with Crippen LogP contribution in [-0.2, 0) is 4.74 Å². The first-order valence-corrected chi connectivity index (χ1v) is 8.82. The summed E-state index contributed by atoms with van der Waals surface area (Å²) in [6, 6.07) is 14.2. The van der Waals surface area contributed by atoms with E-state index in [0.29, 0.717) is 34.5 Å². The van der Waals surface area contributed by atoms with Crippen molar-refractivity contribution < 1.29 is 19.0 Å². The average molecular weight is 394 g/mol. The van der Waals surface area contributed by atoms with Crippen LogP contribution >= 0.6 is 0 Å². The van der Waals surface area contributed by atoms with Gasteiger partial charge in [0, 0.05) is 23.5 Å². The summed E-state index contributed by atoms with van der Waals surface area (Å²) in [6.07, 6.45) is 0. The van der Waals surface area contributed by atoms with Crippen molar-refractivity contribution in [2.75, 3.05) is 32.0 Å². The Labute approximate surface area is 168 Å². The molecule has 0 aliphatic heterocycles. The van der Waals surface area contributed by atoms with Crippen LogP contribution in [0, 0.1) is 6.92 Å². The van der Waals surface area contributed by atoms with E-state index in [1.165, 1.54) is 7.11 Å². The number of nitrogens with zero attached hydrogens (tertiary/aromatic N) is 2. The molecule has 0 aliphatic rings. The van der Waals surface area contributed by atoms with Gasteiger partial charge in [0.1, 0.15) is 17.3 Å². The van der Waals surface area contributed by atoms with Gasteiger partial charge in [0.15, 0.2) is 0 Å². The van der Waals surface area contributed by atoms with Crippen LogP contribution < -0.4 is 20.1 Å². The van der Waals surface area contributed by atoms with Crippen molar-refractivity contribution in [2.45, 2.75) is 6.92 Å². The maximum Gasteiger partial charge on any atom is 0.337 e. The van der Waals surface area contributed by atoms with Crippen LogP contribution in [0.15, 0.2) is 48.5 Å². The summed E-state index contributed by atoms with van der Waals surface area (Å²) in [5.74, 6) is 1.95. The number of esters is 1. The third-order valence-electron chi connectivity index (χ3n) is 4.09. The molecule has 1 heterocycles. The Balaban J connectivity index is 1.80. The van der Waals surface area contributed by atoms with E-state index in [1.54, 1.807) is 44.6 Å². The van der Waals surface area contributed by atoms with Gasteiger partial charge in [-0.25, -0.2) is 9.78 Å². The van der Waals surface area contributed by atoms with Crippen molar-refractivity contribution >= 4 is 29.1 Å². The molecule has 3 aromatic rings. The zero-order valence-corrected chi connectivity index (χ0v) is 16.6. The first kappa shape index (κ1) is 19.9. The fraction of sp³-hybridized carbons (Fsp3) is 0.190. The first-order valence-electron chi connectivity index (χ1n) is 8.82. The van der Waals surface area contributed by atoms with Gasteiger partial charge in [-0.1, -0.05) is 0 Å². The van der Waals surface area contributed by atoms with Gasteiger partial charge in [0.05, 0.1) is 32.6 Å². The van der Waals surface area contributed by atoms with Crippen molar-refractivity contribution in [2.24, 2.45) is 0 Å². The van der Waals surface area contributed by atoms with E-state index >= 15 is 0 Å². The molecule has 0 unspecified atom stereocenters. The van der Waals surface area contributed by atoms with E-state index in [2.05, 4.69) is 20.6 Å². The Morgan fingerprint density at radius 2 is 1.66 bits per heavy atom. The molecular formula is C21H22N4O4. The normalized spacial score (nSPS) is 10.2. The largest absolute Gasteiger partial charge is 0.497 e. The van der Waals surface area contributed by atoms with E-state index in [4.69, 9.17) is 14.2 Å². The summed E-state index contributed by atoms with van der Waals surface area (Å²) in [6.45, 7) is 1.88. The highest BCUT2D eigenvalue weighted by Gasteiger charge is 2.09. The smallest absolute Gasteiger partial charge is 0.337 e. The van der Waals surface area contributed by atoms with Crippen molar-refractivity contribution in [3.8, 4) is 11.5 Å². The van der Waals surface area contributed by atoms with E-state index in [1.807, 2.05) is 25.1 Å². The molecule has 0 saturated heterocycles. The van der Waals surface area contributed by atoms with Gasteiger partial charge in [0.25, 0.3) is 0 Å². The summed E-state index contributed by atoms with van der Waals surface area (Å²) in [5.41, 5.74) is 2.76. The van der Waals surface area contributed by atoms with Gasteiger partial charge < -0.3 is 24.8 Å². The topological polar surface area (TPSA) is 94.6 Å². The Bertz CT molecular complexity index is 1010. The predicted octanol–water partition coefficient (Wildman–Crippen LogP) is 4.08. The molecule has 0 radical (unpaired) electrons. The summed E-state index contributed by atoms with van der Waals surface area (Å²) < 4.78 is 15.3. The molecule has 2 N–H and O–H groups in total. The molecule has 3 rings (SSSR count). The molecule has 2 aromatic carbocycles. The summed E-state index contributed by atoms with van der Waals surface area (Å²) in [7, 11) is 4.54. The van der Waals surface area contributed by atoms with Crippen LogP contribution in [0.25, 0.3) is 0 Å². The molecule has 29 heavy (non-hydrogen) atoms. The summed E-state index contributed by atoms with van der Waals surface area (Å²) in [4.78, 5) is 20.5. The molecule has 8 nitrogen and oxygen atoms in total. The maximum atomic E-state index is 11.5. The van der Waals surface area contributed by atoms with Gasteiger partial charge in [-0.2, -0.15) is 4.98 Å². The average Bonchev–Trinajstić information content (AvgIpc) is 2.73. The standard InChI is InChI=1S/C21H22N4O4/c1-13-11-19(23-15-7-5-14(6-8-15)20(26)29-4)25-21(22-13)24-17-10-9-16(27-2)12-18(17)28-3/h5-12H,1-4H3,(H2,22,23,24,25). The van der Waals surface area contributed by atoms with Gasteiger partial charge in [-0.3, -0.25) is 0 Å². The number of benzene rings is 2. The second kappa shape index (κ2) is 8.92. The van der Waals surface area contributed by atoms with E-state index < -0.39 is 0 Å². The number of ether oxygens (including phenoxy) is 3. The number of hydrogen-bond acceptors (Lipinski definition) is 8. The SMILES string of the molecule is COC(=O)c1ccc(Nc2cc(C)nc(Nc3ccc(OC)cc3OC)n2)cc1. The molecular weight excluding hydrogens is 372 g/mol. The minimum atomic E-state index is -0.380. The highest BCUT2D eigenvalue weighted by molar-refractivity contribution is 5.89. The van der Waals surface area contributed by atoms with Crippen molar-refractivity contribution in [3.05, 3.63) is 59.8 Å². The number of nitrogens with one attached hydrogen (secondary N) is 2. The fourth-order valence-corrected chi connectivity index (χ4v) is 2.67. The van der Waals surface area contributed by atoms with Crippen molar-refractivity contribution in [1.82, 2.24) is 9.97 Å². The third-order valence-corrected chi connectivity index (χ3v) is 4.09. The molecule has 0 spiro atoms. The molecule has 1 aromatic heterocycles. The molecule has 150 valence electrons. The second-order valence-corrected chi connectivity index (χ2v) is 6.10. The molecule has 0 bridgehead atoms. The van der Waals surface area contributed by atoms with Crippen LogP contribution in [-0.4, -0.2) is 37.3 Å². The minimum absolute atomic E-state index is 0.380. The fourth-order valence-electron chi connectivity index (χ4n) is 2.67. The lowest BCUT2D eigenvalue weighted by molar-refractivity contribution is 0.0601. The molecule has 0 fully saturated rings. The number of anilines is 4. The minimum Gasteiger partial charge on any atom is -0.497 e. The van der Waals surface area contributed by atoms with Gasteiger partial charge in [-0.15, -0.1) is 0 Å². The third kappa shape index (κ3) is 4.92. The number of aromatic nitrogens is 2. The Hall–Kier alpha value is -3.81. The van der Waals surface area contributed by atoms with E-state index in [-0.39, 0.29) is 5.97 Å². The van der Waals surface area contributed by atoms with Crippen molar-refractivity contribution in [3.63, 3.8) is 0 Å². The molecule has 8 heteroatoms. The quantitative estimate of drug-likeness (QED) is 0.579. The van der Waals surface area contributed by atoms with E-state index in [9.17, 15) is 4.79 Å². The zero-order chi connectivity index (χ0) is 20.8. The summed E-state index contributed by atoms with van der Waals surface area (Å²) in [5, 5.41) is 6.38. The Morgan fingerprint density at radius 1 is 0.897 bits per heavy atom. The van der Waals surface area contributed by atoms with Crippen LogP contribution in [0.3, 0.4) is 0 Å². The monoisotopic (exact) mass is 394 g/mol.